The van der Waals surface area contributed by atoms with Gasteiger partial charge in [-0.3, -0.25) is 4.79 Å². The number of hydrogen-bond donors (Lipinski definition) is 2. The molecule has 2 N–H and O–H groups in total. The Hall–Kier alpha value is -3.06. The van der Waals surface area contributed by atoms with E-state index in [0.29, 0.717) is 30.2 Å². The maximum Gasteiger partial charge on any atom is 0.341 e. The first-order valence-corrected chi connectivity index (χ1v) is 8.70. The number of amides is 1. The van der Waals surface area contributed by atoms with E-state index in [4.69, 9.17) is 19.3 Å². The van der Waals surface area contributed by atoms with Crippen molar-refractivity contribution in [1.82, 2.24) is 0 Å². The second kappa shape index (κ2) is 9.05. The fraction of sp³-hybridized carbons (Fsp3) is 0.300. The zero-order valence-corrected chi connectivity index (χ0v) is 14.7. The van der Waals surface area contributed by atoms with Gasteiger partial charge in [-0.05, 0) is 36.4 Å². The molecule has 0 bridgehead atoms. The molecular formula is C20H21NO6. The highest BCUT2D eigenvalue weighted by molar-refractivity contribution is 6.04. The Morgan fingerprint density at radius 2 is 1.81 bits per heavy atom. The molecule has 7 heteroatoms. The van der Waals surface area contributed by atoms with Crippen LogP contribution in [0.4, 0.5) is 5.69 Å². The van der Waals surface area contributed by atoms with Gasteiger partial charge in [0.25, 0.3) is 5.91 Å². The van der Waals surface area contributed by atoms with Crippen LogP contribution >= 0.6 is 0 Å². The van der Waals surface area contributed by atoms with Gasteiger partial charge in [0.1, 0.15) is 17.6 Å². The molecule has 0 saturated carbocycles. The van der Waals surface area contributed by atoms with Gasteiger partial charge in [0, 0.05) is 30.2 Å². The molecule has 2 aromatic rings. The lowest BCUT2D eigenvalue weighted by Gasteiger charge is -2.23. The van der Waals surface area contributed by atoms with E-state index in [-0.39, 0.29) is 12.0 Å². The highest BCUT2D eigenvalue weighted by Crippen LogP contribution is 2.21. The number of rotatable bonds is 7. The first-order chi connectivity index (χ1) is 13.1. The number of carboxylic acids is 1. The summed E-state index contributed by atoms with van der Waals surface area (Å²) in [4.78, 5) is 23.0. The maximum atomic E-state index is 12.4. The van der Waals surface area contributed by atoms with Gasteiger partial charge < -0.3 is 24.6 Å². The van der Waals surface area contributed by atoms with Gasteiger partial charge in [0.15, 0.2) is 6.61 Å². The molecule has 3 rings (SSSR count). The van der Waals surface area contributed by atoms with Crippen LogP contribution in [0.25, 0.3) is 0 Å². The summed E-state index contributed by atoms with van der Waals surface area (Å²) in [7, 11) is 0. The van der Waals surface area contributed by atoms with E-state index in [2.05, 4.69) is 5.32 Å². The molecule has 7 nitrogen and oxygen atoms in total. The lowest BCUT2D eigenvalue weighted by molar-refractivity contribution is -0.139. The van der Waals surface area contributed by atoms with Crippen molar-refractivity contribution in [3.05, 3.63) is 54.1 Å². The highest BCUT2D eigenvalue weighted by Gasteiger charge is 2.15. The number of carbonyl (C=O) groups excluding carboxylic acids is 1. The molecule has 1 heterocycles. The van der Waals surface area contributed by atoms with Crippen LogP contribution in [0.5, 0.6) is 11.5 Å². The summed E-state index contributed by atoms with van der Waals surface area (Å²) >= 11 is 0. The number of ether oxygens (including phenoxy) is 3. The number of aliphatic carboxylic acids is 1. The van der Waals surface area contributed by atoms with Crippen LogP contribution in [0.2, 0.25) is 0 Å². The number of anilines is 1. The summed E-state index contributed by atoms with van der Waals surface area (Å²) in [6.07, 6.45) is 1.87. The SMILES string of the molecule is O=C(O)COc1cccc(NC(=O)c2ccc(OC3CCOCC3)cc2)c1. The molecule has 2 aromatic carbocycles. The van der Waals surface area contributed by atoms with Crippen molar-refractivity contribution in [1.29, 1.82) is 0 Å². The number of hydrogen-bond acceptors (Lipinski definition) is 5. The fourth-order valence-corrected chi connectivity index (χ4v) is 2.68. The quantitative estimate of drug-likeness (QED) is 0.777. The standard InChI is InChI=1S/C20H21NO6/c22-19(23)13-26-18-3-1-2-15(12-18)21-20(24)14-4-6-16(7-5-14)27-17-8-10-25-11-9-17/h1-7,12,17H,8-11,13H2,(H,21,24)(H,22,23). The topological polar surface area (TPSA) is 94.1 Å². The van der Waals surface area contributed by atoms with Gasteiger partial charge in [0.2, 0.25) is 0 Å². The summed E-state index contributed by atoms with van der Waals surface area (Å²) in [6, 6.07) is 13.5. The Morgan fingerprint density at radius 1 is 1.07 bits per heavy atom. The van der Waals surface area contributed by atoms with Crippen molar-refractivity contribution in [2.24, 2.45) is 0 Å². The van der Waals surface area contributed by atoms with Crippen LogP contribution < -0.4 is 14.8 Å². The van der Waals surface area contributed by atoms with Crippen molar-refractivity contribution in [3.8, 4) is 11.5 Å². The Balaban J connectivity index is 1.57. The third-order valence-corrected chi connectivity index (χ3v) is 4.04. The molecule has 0 aliphatic carbocycles. The fourth-order valence-electron chi connectivity index (χ4n) is 2.68. The van der Waals surface area contributed by atoms with Crippen molar-refractivity contribution in [2.75, 3.05) is 25.1 Å². The van der Waals surface area contributed by atoms with E-state index >= 15 is 0 Å². The molecule has 1 aliphatic heterocycles. The summed E-state index contributed by atoms with van der Waals surface area (Å²) < 4.78 is 16.3. The second-order valence-corrected chi connectivity index (χ2v) is 6.12. The number of benzene rings is 2. The van der Waals surface area contributed by atoms with Crippen LogP contribution in [-0.2, 0) is 9.53 Å². The van der Waals surface area contributed by atoms with Gasteiger partial charge in [-0.1, -0.05) is 6.07 Å². The lowest BCUT2D eigenvalue weighted by atomic mass is 10.1. The molecule has 142 valence electrons. The van der Waals surface area contributed by atoms with E-state index in [0.717, 1.165) is 18.6 Å². The van der Waals surface area contributed by atoms with Crippen LogP contribution in [0.15, 0.2) is 48.5 Å². The van der Waals surface area contributed by atoms with Crippen molar-refractivity contribution in [3.63, 3.8) is 0 Å². The molecule has 0 radical (unpaired) electrons. The third-order valence-electron chi connectivity index (χ3n) is 4.04. The minimum Gasteiger partial charge on any atom is -0.490 e. The second-order valence-electron chi connectivity index (χ2n) is 6.12. The van der Waals surface area contributed by atoms with Crippen LogP contribution in [0.3, 0.4) is 0 Å². The minimum atomic E-state index is -1.06. The molecular weight excluding hydrogens is 350 g/mol. The number of carbonyl (C=O) groups is 2. The zero-order valence-electron chi connectivity index (χ0n) is 14.7. The molecule has 1 aliphatic rings. The molecule has 0 atom stereocenters. The molecule has 1 saturated heterocycles. The van der Waals surface area contributed by atoms with E-state index < -0.39 is 12.6 Å². The highest BCUT2D eigenvalue weighted by atomic mass is 16.5. The van der Waals surface area contributed by atoms with E-state index in [9.17, 15) is 9.59 Å². The van der Waals surface area contributed by atoms with E-state index in [1.54, 1.807) is 48.5 Å². The first-order valence-electron chi connectivity index (χ1n) is 8.70. The Labute approximate surface area is 156 Å². The van der Waals surface area contributed by atoms with Gasteiger partial charge in [-0.25, -0.2) is 4.79 Å². The zero-order chi connectivity index (χ0) is 19.1. The van der Waals surface area contributed by atoms with Crippen molar-refractivity contribution >= 4 is 17.6 Å². The van der Waals surface area contributed by atoms with Crippen molar-refractivity contribution < 1.29 is 28.9 Å². The van der Waals surface area contributed by atoms with Crippen LogP contribution in [-0.4, -0.2) is 42.9 Å². The summed E-state index contributed by atoms with van der Waals surface area (Å²) in [5, 5.41) is 11.4. The largest absolute Gasteiger partial charge is 0.490 e. The molecule has 0 aromatic heterocycles. The smallest absolute Gasteiger partial charge is 0.341 e. The average Bonchev–Trinajstić information content (AvgIpc) is 2.68. The van der Waals surface area contributed by atoms with Gasteiger partial charge in [-0.15, -0.1) is 0 Å². The van der Waals surface area contributed by atoms with Crippen LogP contribution in [0.1, 0.15) is 23.2 Å². The molecule has 27 heavy (non-hydrogen) atoms. The minimum absolute atomic E-state index is 0.145. The Bertz CT molecular complexity index is 783. The van der Waals surface area contributed by atoms with E-state index in [1.165, 1.54) is 0 Å². The van der Waals surface area contributed by atoms with Gasteiger partial charge in [0.05, 0.1) is 13.2 Å². The summed E-state index contributed by atoms with van der Waals surface area (Å²) in [5.74, 6) is -0.242. The molecule has 1 amide bonds. The van der Waals surface area contributed by atoms with Gasteiger partial charge in [-0.2, -0.15) is 0 Å². The van der Waals surface area contributed by atoms with E-state index in [1.807, 2.05) is 0 Å². The number of carboxylic acid groups (broad SMARTS) is 1. The molecule has 1 fully saturated rings. The third kappa shape index (κ3) is 5.72. The Morgan fingerprint density at radius 3 is 2.52 bits per heavy atom. The first kappa shape index (κ1) is 18.7. The molecule has 0 spiro atoms. The van der Waals surface area contributed by atoms with Crippen molar-refractivity contribution in [2.45, 2.75) is 18.9 Å². The predicted octanol–water partition coefficient (Wildman–Crippen LogP) is 2.96. The van der Waals surface area contributed by atoms with Gasteiger partial charge >= 0.3 is 5.97 Å². The average molecular weight is 371 g/mol. The number of nitrogens with one attached hydrogen (secondary N) is 1. The normalized spacial score (nSPS) is 14.4. The molecule has 0 unspecified atom stereocenters. The summed E-state index contributed by atoms with van der Waals surface area (Å²) in [5.41, 5.74) is 1.01. The summed E-state index contributed by atoms with van der Waals surface area (Å²) in [6.45, 7) is 0.979. The Kier molecular flexibility index (Phi) is 6.27. The predicted molar refractivity (Wildman–Crippen MR) is 98.4 cm³/mol. The lowest BCUT2D eigenvalue weighted by Crippen LogP contribution is -2.25. The maximum absolute atomic E-state index is 12.4. The monoisotopic (exact) mass is 371 g/mol. The van der Waals surface area contributed by atoms with Crippen LogP contribution in [0, 0.1) is 0 Å².